The Morgan fingerprint density at radius 2 is 1.72 bits per heavy atom. The van der Waals surface area contributed by atoms with Crippen molar-refractivity contribution in [1.29, 1.82) is 0 Å². The number of nitrogens with one attached hydrogen (secondary N) is 4. The van der Waals surface area contributed by atoms with Gasteiger partial charge in [-0.15, -0.1) is 0 Å². The van der Waals surface area contributed by atoms with E-state index in [-0.39, 0.29) is 24.5 Å². The minimum atomic E-state index is -1.16. The van der Waals surface area contributed by atoms with Crippen LogP contribution in [0, 0.1) is 5.92 Å². The van der Waals surface area contributed by atoms with Crippen LogP contribution >= 0.6 is 24.4 Å². The summed E-state index contributed by atoms with van der Waals surface area (Å²) in [4.78, 5) is 56.1. The summed E-state index contributed by atoms with van der Waals surface area (Å²) in [6.45, 7) is 3.56. The lowest BCUT2D eigenvalue weighted by molar-refractivity contribution is -0.142. The van der Waals surface area contributed by atoms with Crippen LogP contribution in [0.2, 0.25) is 0 Å². The number of nitrogens with two attached hydrogens (primary N) is 1. The van der Waals surface area contributed by atoms with Gasteiger partial charge in [-0.05, 0) is 24.3 Å². The molecule has 0 aromatic carbocycles. The molecule has 180 valence electrons. The number of carbonyl (C=O) groups excluding carboxylic acids is 3. The first-order chi connectivity index (χ1) is 15.1. The second kappa shape index (κ2) is 14.0. The van der Waals surface area contributed by atoms with Crippen LogP contribution in [0.5, 0.6) is 0 Å². The van der Waals surface area contributed by atoms with Crippen molar-refractivity contribution < 1.29 is 24.3 Å². The van der Waals surface area contributed by atoms with E-state index in [4.69, 9.17) is 5.73 Å². The third-order valence-electron chi connectivity index (χ3n) is 4.67. The number of aliphatic carboxylic acids is 1. The van der Waals surface area contributed by atoms with Crippen molar-refractivity contribution >= 4 is 48.1 Å². The van der Waals surface area contributed by atoms with E-state index in [0.29, 0.717) is 11.4 Å². The molecule has 0 aliphatic heterocycles. The van der Waals surface area contributed by atoms with Gasteiger partial charge in [-0.25, -0.2) is 9.78 Å². The molecule has 0 bridgehead atoms. The van der Waals surface area contributed by atoms with Gasteiger partial charge in [-0.1, -0.05) is 13.8 Å². The van der Waals surface area contributed by atoms with Gasteiger partial charge in [0.05, 0.1) is 12.4 Å². The SMILES string of the molecule is CSCCC(NC(=O)C(Cc1cnc[nH]1)NC(=O)C(CS)NC(=O)C(N)C(C)C)C(=O)O. The van der Waals surface area contributed by atoms with Gasteiger partial charge in [0.1, 0.15) is 18.1 Å². The molecule has 7 N–H and O–H groups in total. The first kappa shape index (κ1) is 27.8. The number of nitrogens with zero attached hydrogens (tertiary/aromatic N) is 1. The first-order valence-corrected chi connectivity index (χ1v) is 12.1. The van der Waals surface area contributed by atoms with E-state index in [1.165, 1.54) is 24.3 Å². The normalized spacial score (nSPS) is 14.8. The predicted octanol–water partition coefficient (Wildman–Crippen LogP) is -0.843. The van der Waals surface area contributed by atoms with Crippen LogP contribution in [0.4, 0.5) is 0 Å². The Morgan fingerprint density at radius 1 is 1.12 bits per heavy atom. The number of hydrogen-bond donors (Lipinski definition) is 7. The number of thiol groups is 1. The summed E-state index contributed by atoms with van der Waals surface area (Å²) in [6.07, 6.45) is 5.03. The molecule has 4 atom stereocenters. The van der Waals surface area contributed by atoms with Crippen LogP contribution in [-0.4, -0.2) is 80.7 Å². The van der Waals surface area contributed by atoms with Crippen LogP contribution in [0.1, 0.15) is 26.0 Å². The summed E-state index contributed by atoms with van der Waals surface area (Å²) in [5, 5.41) is 17.0. The molecule has 0 spiro atoms. The molecule has 32 heavy (non-hydrogen) atoms. The number of H-pyrrole nitrogens is 1. The van der Waals surface area contributed by atoms with Crippen LogP contribution in [-0.2, 0) is 25.6 Å². The maximum Gasteiger partial charge on any atom is 0.326 e. The Labute approximate surface area is 196 Å². The molecule has 1 aromatic rings. The largest absolute Gasteiger partial charge is 0.480 e. The highest BCUT2D eigenvalue weighted by Gasteiger charge is 2.30. The lowest BCUT2D eigenvalue weighted by atomic mass is 10.0. The molecule has 0 aliphatic rings. The standard InChI is InChI=1S/C19H32N6O5S2/c1-10(2)15(20)18(28)25-14(8-31)17(27)24-13(6-11-7-21-9-22-11)16(26)23-12(19(29)30)4-5-32-3/h7,9-10,12-15,31H,4-6,8,20H2,1-3H3,(H,21,22)(H,23,26)(H,24,27)(H,25,28)(H,29,30). The minimum Gasteiger partial charge on any atom is -0.480 e. The molecule has 3 amide bonds. The number of carboxylic acid groups (broad SMARTS) is 1. The van der Waals surface area contributed by atoms with Gasteiger partial charge in [0.25, 0.3) is 0 Å². The van der Waals surface area contributed by atoms with E-state index >= 15 is 0 Å². The molecule has 1 rings (SSSR count). The number of aromatic nitrogens is 2. The number of imidazole rings is 1. The van der Waals surface area contributed by atoms with Crippen molar-refractivity contribution in [2.75, 3.05) is 17.8 Å². The highest BCUT2D eigenvalue weighted by Crippen LogP contribution is 2.05. The third kappa shape index (κ3) is 9.09. The fourth-order valence-corrected chi connectivity index (χ4v) is 3.36. The average molecular weight is 489 g/mol. The highest BCUT2D eigenvalue weighted by molar-refractivity contribution is 7.98. The van der Waals surface area contributed by atoms with Crippen molar-refractivity contribution in [2.24, 2.45) is 11.7 Å². The smallest absolute Gasteiger partial charge is 0.326 e. The van der Waals surface area contributed by atoms with Gasteiger partial charge < -0.3 is 31.8 Å². The second-order valence-corrected chi connectivity index (χ2v) is 8.89. The van der Waals surface area contributed by atoms with E-state index in [1.54, 1.807) is 13.8 Å². The van der Waals surface area contributed by atoms with Gasteiger partial charge in [0.2, 0.25) is 17.7 Å². The molecule has 1 heterocycles. The van der Waals surface area contributed by atoms with Crippen molar-refractivity contribution in [2.45, 2.75) is 50.9 Å². The predicted molar refractivity (Wildman–Crippen MR) is 125 cm³/mol. The summed E-state index contributed by atoms with van der Waals surface area (Å²) in [7, 11) is 0. The second-order valence-electron chi connectivity index (χ2n) is 7.54. The summed E-state index contributed by atoms with van der Waals surface area (Å²) in [5.74, 6) is -2.59. The topological polar surface area (TPSA) is 179 Å². The van der Waals surface area contributed by atoms with Crippen molar-refractivity contribution in [1.82, 2.24) is 25.9 Å². The minimum absolute atomic E-state index is 0.0216. The summed E-state index contributed by atoms with van der Waals surface area (Å²) in [5.41, 5.74) is 6.39. The molecule has 0 aliphatic carbocycles. The highest BCUT2D eigenvalue weighted by atomic mass is 32.2. The fraction of sp³-hybridized carbons (Fsp3) is 0.632. The van der Waals surface area contributed by atoms with Crippen LogP contribution in [0.15, 0.2) is 12.5 Å². The third-order valence-corrected chi connectivity index (χ3v) is 5.68. The molecule has 0 saturated carbocycles. The van der Waals surface area contributed by atoms with Crippen molar-refractivity contribution in [3.63, 3.8) is 0 Å². The molecule has 4 unspecified atom stereocenters. The first-order valence-electron chi connectivity index (χ1n) is 10.1. The number of rotatable bonds is 14. The average Bonchev–Trinajstić information content (AvgIpc) is 3.26. The van der Waals surface area contributed by atoms with E-state index in [1.807, 2.05) is 6.26 Å². The Kier molecular flexibility index (Phi) is 12.2. The number of amides is 3. The van der Waals surface area contributed by atoms with Gasteiger partial charge in [0, 0.05) is 24.1 Å². The summed E-state index contributed by atoms with van der Waals surface area (Å²) < 4.78 is 0. The Morgan fingerprint density at radius 3 is 2.22 bits per heavy atom. The molecule has 13 heteroatoms. The number of carbonyl (C=O) groups is 4. The molecule has 0 fully saturated rings. The zero-order valence-electron chi connectivity index (χ0n) is 18.3. The van der Waals surface area contributed by atoms with E-state index in [0.717, 1.165) is 0 Å². The number of aromatic amines is 1. The van der Waals surface area contributed by atoms with Gasteiger partial charge >= 0.3 is 5.97 Å². The molecule has 1 aromatic heterocycles. The quantitative estimate of drug-likeness (QED) is 0.166. The Balaban J connectivity index is 2.94. The number of hydrogen-bond acceptors (Lipinski definition) is 8. The van der Waals surface area contributed by atoms with Gasteiger partial charge in [0.15, 0.2) is 0 Å². The van der Waals surface area contributed by atoms with Gasteiger partial charge in [-0.2, -0.15) is 24.4 Å². The van der Waals surface area contributed by atoms with Crippen molar-refractivity contribution in [3.05, 3.63) is 18.2 Å². The molecular formula is C19H32N6O5S2. The lowest BCUT2D eigenvalue weighted by Crippen LogP contribution is -2.58. The van der Waals surface area contributed by atoms with E-state index in [9.17, 15) is 24.3 Å². The van der Waals surface area contributed by atoms with E-state index < -0.39 is 47.9 Å². The maximum atomic E-state index is 12.9. The van der Waals surface area contributed by atoms with E-state index in [2.05, 4.69) is 38.5 Å². The molecular weight excluding hydrogens is 456 g/mol. The zero-order chi connectivity index (χ0) is 24.3. The van der Waals surface area contributed by atoms with Gasteiger partial charge in [-0.3, -0.25) is 14.4 Å². The number of carboxylic acids is 1. The van der Waals surface area contributed by atoms with Crippen LogP contribution < -0.4 is 21.7 Å². The Bertz CT molecular complexity index is 761. The zero-order valence-corrected chi connectivity index (χ0v) is 20.0. The Hall–Kier alpha value is -2.25. The summed E-state index contributed by atoms with van der Waals surface area (Å²) >= 11 is 5.58. The van der Waals surface area contributed by atoms with Crippen molar-refractivity contribution in [3.8, 4) is 0 Å². The summed E-state index contributed by atoms with van der Waals surface area (Å²) in [6, 6.07) is -4.03. The van der Waals surface area contributed by atoms with Crippen LogP contribution in [0.3, 0.4) is 0 Å². The molecule has 0 radical (unpaired) electrons. The van der Waals surface area contributed by atoms with Crippen LogP contribution in [0.25, 0.3) is 0 Å². The fourth-order valence-electron chi connectivity index (χ4n) is 2.63. The molecule has 0 saturated heterocycles. The number of thioether (sulfide) groups is 1. The maximum absolute atomic E-state index is 12.9. The monoisotopic (exact) mass is 488 g/mol. The lowest BCUT2D eigenvalue weighted by Gasteiger charge is -2.25. The molecule has 11 nitrogen and oxygen atoms in total.